The van der Waals surface area contributed by atoms with Crippen LogP contribution in [0.25, 0.3) is 0 Å². The molecular formula is C11H10ClNOS. The first-order valence-corrected chi connectivity index (χ1v) is 6.08. The van der Waals surface area contributed by atoms with E-state index in [1.807, 2.05) is 24.3 Å². The molecule has 15 heavy (non-hydrogen) atoms. The van der Waals surface area contributed by atoms with Crippen molar-refractivity contribution >= 4 is 23.4 Å². The van der Waals surface area contributed by atoms with E-state index in [-0.39, 0.29) is 0 Å². The number of halogens is 1. The van der Waals surface area contributed by atoms with E-state index in [4.69, 9.17) is 16.0 Å². The molecule has 0 N–H and O–H groups in total. The summed E-state index contributed by atoms with van der Waals surface area (Å²) in [4.78, 5) is 3.94. The first-order valence-electron chi connectivity index (χ1n) is 4.55. The Bertz CT molecular complexity index is 416. The zero-order valence-corrected chi connectivity index (χ0v) is 9.59. The second kappa shape index (κ2) is 5.24. The fourth-order valence-corrected chi connectivity index (χ4v) is 2.28. The molecule has 0 aromatic carbocycles. The fourth-order valence-electron chi connectivity index (χ4n) is 1.20. The minimum absolute atomic E-state index is 0.547. The predicted octanol–water partition coefficient (Wildman–Crippen LogP) is 3.76. The molecule has 0 radical (unpaired) electrons. The highest BCUT2D eigenvalue weighted by Crippen LogP contribution is 2.19. The zero-order valence-electron chi connectivity index (χ0n) is 8.02. The number of pyridine rings is 1. The second-order valence-corrected chi connectivity index (χ2v) is 4.43. The van der Waals surface area contributed by atoms with Gasteiger partial charge < -0.3 is 4.42 Å². The highest BCUT2D eigenvalue weighted by molar-refractivity contribution is 7.97. The normalized spacial score (nSPS) is 10.5. The van der Waals surface area contributed by atoms with Crippen LogP contribution in [0, 0.1) is 0 Å². The SMILES string of the molecule is Clc1cc(CSCc2ccco2)ccn1. The van der Waals surface area contributed by atoms with E-state index in [1.54, 1.807) is 24.2 Å². The van der Waals surface area contributed by atoms with Crippen molar-refractivity contribution in [3.8, 4) is 0 Å². The number of rotatable bonds is 4. The van der Waals surface area contributed by atoms with Gasteiger partial charge in [0.15, 0.2) is 0 Å². The number of hydrogen-bond donors (Lipinski definition) is 0. The summed E-state index contributed by atoms with van der Waals surface area (Å²) in [6.45, 7) is 0. The van der Waals surface area contributed by atoms with Crippen LogP contribution in [0.2, 0.25) is 5.15 Å². The van der Waals surface area contributed by atoms with Crippen LogP contribution in [0.4, 0.5) is 0 Å². The summed E-state index contributed by atoms with van der Waals surface area (Å²) < 4.78 is 5.24. The summed E-state index contributed by atoms with van der Waals surface area (Å²) in [6, 6.07) is 7.74. The van der Waals surface area contributed by atoms with Gasteiger partial charge in [-0.15, -0.1) is 11.8 Å². The van der Waals surface area contributed by atoms with E-state index in [9.17, 15) is 0 Å². The van der Waals surface area contributed by atoms with Gasteiger partial charge in [-0.2, -0.15) is 0 Å². The van der Waals surface area contributed by atoms with Crippen LogP contribution < -0.4 is 0 Å². The Labute approximate surface area is 97.7 Å². The third-order valence-electron chi connectivity index (χ3n) is 1.88. The topological polar surface area (TPSA) is 26.0 Å². The number of aromatic nitrogens is 1. The molecular weight excluding hydrogens is 230 g/mol. The molecule has 0 spiro atoms. The second-order valence-electron chi connectivity index (χ2n) is 3.06. The largest absolute Gasteiger partial charge is 0.468 e. The van der Waals surface area contributed by atoms with Crippen molar-refractivity contribution in [2.45, 2.75) is 11.5 Å². The van der Waals surface area contributed by atoms with Gasteiger partial charge in [0.2, 0.25) is 0 Å². The molecule has 2 heterocycles. The lowest BCUT2D eigenvalue weighted by molar-refractivity contribution is 0.530. The van der Waals surface area contributed by atoms with Gasteiger partial charge in [0.05, 0.1) is 12.0 Å². The van der Waals surface area contributed by atoms with E-state index in [1.165, 1.54) is 5.56 Å². The average Bonchev–Trinajstić information content (AvgIpc) is 2.71. The molecule has 0 aliphatic heterocycles. The molecule has 0 amide bonds. The van der Waals surface area contributed by atoms with Gasteiger partial charge in [-0.25, -0.2) is 4.98 Å². The molecule has 0 aliphatic carbocycles. The van der Waals surface area contributed by atoms with E-state index in [2.05, 4.69) is 4.98 Å². The third kappa shape index (κ3) is 3.29. The van der Waals surface area contributed by atoms with Crippen molar-refractivity contribution < 1.29 is 4.42 Å². The highest BCUT2D eigenvalue weighted by Gasteiger charge is 1.98. The number of nitrogens with zero attached hydrogens (tertiary/aromatic N) is 1. The molecule has 0 atom stereocenters. The van der Waals surface area contributed by atoms with E-state index in [0.717, 1.165) is 17.3 Å². The van der Waals surface area contributed by atoms with Gasteiger partial charge in [-0.3, -0.25) is 0 Å². The van der Waals surface area contributed by atoms with Crippen LogP contribution in [0.1, 0.15) is 11.3 Å². The lowest BCUT2D eigenvalue weighted by Gasteiger charge is -2.00. The third-order valence-corrected chi connectivity index (χ3v) is 3.12. The summed E-state index contributed by atoms with van der Waals surface area (Å²) in [7, 11) is 0. The number of furan rings is 1. The molecule has 0 aliphatic rings. The Morgan fingerprint density at radius 3 is 3.00 bits per heavy atom. The molecule has 4 heteroatoms. The maximum atomic E-state index is 5.78. The van der Waals surface area contributed by atoms with Gasteiger partial charge in [0.1, 0.15) is 10.9 Å². The van der Waals surface area contributed by atoms with Crippen molar-refractivity contribution in [3.63, 3.8) is 0 Å². The molecule has 0 saturated heterocycles. The van der Waals surface area contributed by atoms with Crippen molar-refractivity contribution in [2.75, 3.05) is 0 Å². The Kier molecular flexibility index (Phi) is 3.69. The van der Waals surface area contributed by atoms with Crippen molar-refractivity contribution in [2.24, 2.45) is 0 Å². The molecule has 0 bridgehead atoms. The molecule has 2 nitrogen and oxygen atoms in total. The minimum atomic E-state index is 0.547. The lowest BCUT2D eigenvalue weighted by atomic mass is 10.3. The van der Waals surface area contributed by atoms with Gasteiger partial charge in [-0.1, -0.05) is 11.6 Å². The number of hydrogen-bond acceptors (Lipinski definition) is 3. The molecule has 78 valence electrons. The summed E-state index contributed by atoms with van der Waals surface area (Å²) >= 11 is 7.58. The van der Waals surface area contributed by atoms with Crippen LogP contribution in [0.5, 0.6) is 0 Å². The maximum Gasteiger partial charge on any atom is 0.129 e. The van der Waals surface area contributed by atoms with Crippen LogP contribution >= 0.6 is 23.4 Å². The summed E-state index contributed by atoms with van der Waals surface area (Å²) in [5.41, 5.74) is 1.19. The monoisotopic (exact) mass is 239 g/mol. The Hall–Kier alpha value is -0.930. The summed E-state index contributed by atoms with van der Waals surface area (Å²) in [5.74, 6) is 2.80. The van der Waals surface area contributed by atoms with Crippen molar-refractivity contribution in [3.05, 3.63) is 53.2 Å². The highest BCUT2D eigenvalue weighted by atomic mass is 35.5. The first-order chi connectivity index (χ1) is 7.34. The van der Waals surface area contributed by atoms with E-state index >= 15 is 0 Å². The molecule has 2 aromatic rings. The van der Waals surface area contributed by atoms with Gasteiger partial charge in [0.25, 0.3) is 0 Å². The van der Waals surface area contributed by atoms with Crippen LogP contribution in [-0.2, 0) is 11.5 Å². The summed E-state index contributed by atoms with van der Waals surface area (Å²) in [6.07, 6.45) is 3.42. The molecule has 2 aromatic heterocycles. The van der Waals surface area contributed by atoms with Gasteiger partial charge >= 0.3 is 0 Å². The Morgan fingerprint density at radius 2 is 2.27 bits per heavy atom. The number of thioether (sulfide) groups is 1. The molecule has 0 fully saturated rings. The quantitative estimate of drug-likeness (QED) is 0.760. The van der Waals surface area contributed by atoms with Gasteiger partial charge in [-0.05, 0) is 29.8 Å². The van der Waals surface area contributed by atoms with Gasteiger partial charge in [0, 0.05) is 11.9 Å². The Balaban J connectivity index is 1.83. The average molecular weight is 240 g/mol. The van der Waals surface area contributed by atoms with Crippen LogP contribution in [0.3, 0.4) is 0 Å². The van der Waals surface area contributed by atoms with Crippen molar-refractivity contribution in [1.82, 2.24) is 4.98 Å². The molecule has 2 rings (SSSR count). The van der Waals surface area contributed by atoms with Crippen LogP contribution in [-0.4, -0.2) is 4.98 Å². The van der Waals surface area contributed by atoms with E-state index in [0.29, 0.717) is 5.15 Å². The predicted molar refractivity (Wildman–Crippen MR) is 63.0 cm³/mol. The van der Waals surface area contributed by atoms with Crippen molar-refractivity contribution in [1.29, 1.82) is 0 Å². The fraction of sp³-hybridized carbons (Fsp3) is 0.182. The standard InChI is InChI=1S/C11H10ClNOS/c12-11-6-9(3-4-13-11)7-15-8-10-2-1-5-14-10/h1-6H,7-8H2. The Morgan fingerprint density at radius 1 is 1.33 bits per heavy atom. The lowest BCUT2D eigenvalue weighted by Crippen LogP contribution is -1.83. The first kappa shape index (κ1) is 10.6. The summed E-state index contributed by atoms with van der Waals surface area (Å²) in [5, 5.41) is 0.547. The van der Waals surface area contributed by atoms with Crippen LogP contribution in [0.15, 0.2) is 41.1 Å². The molecule has 0 unspecified atom stereocenters. The minimum Gasteiger partial charge on any atom is -0.468 e. The zero-order chi connectivity index (χ0) is 10.5. The molecule has 0 saturated carbocycles. The smallest absolute Gasteiger partial charge is 0.129 e. The van der Waals surface area contributed by atoms with E-state index < -0.39 is 0 Å². The maximum absolute atomic E-state index is 5.78.